The Morgan fingerprint density at radius 3 is 1.42 bits per heavy atom. The fourth-order valence-electron chi connectivity index (χ4n) is 4.61. The summed E-state index contributed by atoms with van der Waals surface area (Å²) in [4.78, 5) is 0. The van der Waals surface area contributed by atoms with Gasteiger partial charge in [-0.05, 0) is 46.5 Å². The second-order valence-electron chi connectivity index (χ2n) is 8.42. The molecule has 2 nitrogen and oxygen atoms in total. The van der Waals surface area contributed by atoms with Gasteiger partial charge in [0.15, 0.2) is 0 Å². The minimum Gasteiger partial charge on any atom is -0.352 e. The van der Waals surface area contributed by atoms with Crippen LogP contribution in [0.5, 0.6) is 0 Å². The molecule has 1 heterocycles. The third-order valence-corrected chi connectivity index (χ3v) is 6.91. The van der Waals surface area contributed by atoms with Gasteiger partial charge >= 0.3 is 0 Å². The Morgan fingerprint density at radius 1 is 0.636 bits per heavy atom. The Balaban J connectivity index is 1.70. The van der Waals surface area contributed by atoms with Gasteiger partial charge in [-0.1, -0.05) is 108 Å². The summed E-state index contributed by atoms with van der Waals surface area (Å²) in [6.45, 7) is 1.77. The first-order valence-electron chi connectivity index (χ1n) is 11.2. The number of rotatable bonds is 7. The lowest BCUT2D eigenvalue weighted by atomic mass is 9.72. The average Bonchev–Trinajstić information content (AvgIpc) is 2.83. The molecule has 166 valence electrons. The molecular formula is C29H25Cl2NO. The van der Waals surface area contributed by atoms with E-state index in [2.05, 4.69) is 53.8 Å². The zero-order valence-corrected chi connectivity index (χ0v) is 19.6. The van der Waals surface area contributed by atoms with Crippen LogP contribution in [-0.2, 0) is 10.3 Å². The molecule has 33 heavy (non-hydrogen) atoms. The second kappa shape index (κ2) is 9.70. The van der Waals surface area contributed by atoms with Crippen molar-refractivity contribution >= 4 is 23.2 Å². The van der Waals surface area contributed by atoms with Gasteiger partial charge in [-0.2, -0.15) is 0 Å². The van der Waals surface area contributed by atoms with Crippen molar-refractivity contribution in [3.63, 3.8) is 0 Å². The van der Waals surface area contributed by atoms with Crippen molar-refractivity contribution in [2.45, 2.75) is 11.7 Å². The van der Waals surface area contributed by atoms with E-state index in [0.29, 0.717) is 10.0 Å². The Bertz CT molecular complexity index is 1090. The van der Waals surface area contributed by atoms with Crippen LogP contribution in [0.4, 0.5) is 0 Å². The molecule has 0 aliphatic carbocycles. The maximum absolute atomic E-state index is 7.34. The lowest BCUT2D eigenvalue weighted by molar-refractivity contribution is -0.107. The molecule has 5 rings (SSSR count). The predicted molar refractivity (Wildman–Crippen MR) is 136 cm³/mol. The Kier molecular flexibility index (Phi) is 6.52. The summed E-state index contributed by atoms with van der Waals surface area (Å²) < 4.78 is 7.34. The molecule has 4 heteroatoms. The first-order valence-corrected chi connectivity index (χ1v) is 11.9. The molecule has 1 fully saturated rings. The molecule has 0 radical (unpaired) electrons. The highest BCUT2D eigenvalue weighted by molar-refractivity contribution is 6.30. The molecule has 0 saturated carbocycles. The van der Waals surface area contributed by atoms with Crippen LogP contribution >= 0.6 is 23.2 Å². The predicted octanol–water partition coefficient (Wildman–Crippen LogP) is 7.26. The number of ether oxygens (including phenoxy) is 1. The highest BCUT2D eigenvalue weighted by Gasteiger charge is 2.47. The molecular weight excluding hydrogens is 449 g/mol. The zero-order valence-electron chi connectivity index (χ0n) is 18.1. The molecule has 4 aromatic carbocycles. The van der Waals surface area contributed by atoms with Crippen molar-refractivity contribution in [2.24, 2.45) is 5.92 Å². The number of nitrogens with one attached hydrogen (secondary N) is 1. The van der Waals surface area contributed by atoms with Crippen LogP contribution in [0, 0.1) is 5.92 Å². The van der Waals surface area contributed by atoms with Crippen molar-refractivity contribution in [3.05, 3.63) is 141 Å². The van der Waals surface area contributed by atoms with Gasteiger partial charge in [0.2, 0.25) is 0 Å². The minimum atomic E-state index is -0.627. The molecule has 0 unspecified atom stereocenters. The standard InChI is InChI=1S/C29H25Cl2NO/c30-26-15-11-21(12-16-26)28(22-13-17-27(31)18-14-22)33-29(25-19-32-20-25,23-7-3-1-4-8-23)24-9-5-2-6-10-24/h1-18,25,28,32H,19-20H2. The minimum absolute atomic E-state index is 0.282. The third kappa shape index (κ3) is 4.45. The first-order chi connectivity index (χ1) is 16.2. The molecule has 1 N–H and O–H groups in total. The van der Waals surface area contributed by atoms with Crippen molar-refractivity contribution in [2.75, 3.05) is 13.1 Å². The molecule has 0 atom stereocenters. The maximum Gasteiger partial charge on any atom is 0.125 e. The van der Waals surface area contributed by atoms with Crippen LogP contribution in [0.15, 0.2) is 109 Å². The normalized spacial score (nSPS) is 14.3. The largest absolute Gasteiger partial charge is 0.352 e. The number of hydrogen-bond donors (Lipinski definition) is 1. The van der Waals surface area contributed by atoms with Crippen molar-refractivity contribution in [3.8, 4) is 0 Å². The Morgan fingerprint density at radius 2 is 1.06 bits per heavy atom. The molecule has 0 aromatic heterocycles. The van der Waals surface area contributed by atoms with Crippen LogP contribution < -0.4 is 5.32 Å². The summed E-state index contributed by atoms with van der Waals surface area (Å²) in [5.74, 6) is 0.282. The van der Waals surface area contributed by atoms with Gasteiger partial charge in [-0.25, -0.2) is 0 Å². The Labute approximate surface area is 205 Å². The molecule has 1 saturated heterocycles. The summed E-state index contributed by atoms with van der Waals surface area (Å²) in [6, 6.07) is 37.0. The summed E-state index contributed by atoms with van der Waals surface area (Å²) >= 11 is 12.4. The highest BCUT2D eigenvalue weighted by Crippen LogP contribution is 2.47. The van der Waals surface area contributed by atoms with Gasteiger partial charge in [0.05, 0.1) is 0 Å². The van der Waals surface area contributed by atoms with Crippen LogP contribution in [0.3, 0.4) is 0 Å². The third-order valence-electron chi connectivity index (χ3n) is 6.41. The summed E-state index contributed by atoms with van der Waals surface area (Å²) in [6.07, 6.45) is -0.305. The summed E-state index contributed by atoms with van der Waals surface area (Å²) in [7, 11) is 0. The first kappa shape index (κ1) is 22.2. The average molecular weight is 474 g/mol. The van der Waals surface area contributed by atoms with Crippen LogP contribution in [0.25, 0.3) is 0 Å². The van der Waals surface area contributed by atoms with Gasteiger partial charge in [0.25, 0.3) is 0 Å². The molecule has 1 aliphatic rings. The van der Waals surface area contributed by atoms with Crippen LogP contribution in [0.2, 0.25) is 10.0 Å². The maximum atomic E-state index is 7.34. The topological polar surface area (TPSA) is 21.3 Å². The molecule has 0 bridgehead atoms. The van der Waals surface area contributed by atoms with Gasteiger partial charge in [0.1, 0.15) is 11.7 Å². The molecule has 1 aliphatic heterocycles. The molecule has 0 amide bonds. The lowest BCUT2D eigenvalue weighted by Gasteiger charge is -2.48. The van der Waals surface area contributed by atoms with Crippen LogP contribution in [0.1, 0.15) is 28.4 Å². The fourth-order valence-corrected chi connectivity index (χ4v) is 4.86. The quantitative estimate of drug-likeness (QED) is 0.304. The van der Waals surface area contributed by atoms with E-state index in [4.69, 9.17) is 27.9 Å². The van der Waals surface area contributed by atoms with Gasteiger partial charge in [0, 0.05) is 29.1 Å². The number of halogens is 2. The van der Waals surface area contributed by atoms with Gasteiger partial charge < -0.3 is 10.1 Å². The molecule has 0 spiro atoms. The summed E-state index contributed by atoms with van der Waals surface area (Å²) in [5, 5.41) is 4.86. The smallest absolute Gasteiger partial charge is 0.125 e. The van der Waals surface area contributed by atoms with E-state index >= 15 is 0 Å². The zero-order chi connectivity index (χ0) is 22.7. The summed E-state index contributed by atoms with van der Waals surface area (Å²) in [5.41, 5.74) is 3.76. The Hall–Kier alpha value is -2.62. The lowest BCUT2D eigenvalue weighted by Crippen LogP contribution is -2.56. The van der Waals surface area contributed by atoms with E-state index in [0.717, 1.165) is 35.3 Å². The van der Waals surface area contributed by atoms with E-state index in [1.807, 2.05) is 60.7 Å². The van der Waals surface area contributed by atoms with E-state index < -0.39 is 5.60 Å². The number of benzene rings is 4. The van der Waals surface area contributed by atoms with Crippen molar-refractivity contribution in [1.29, 1.82) is 0 Å². The number of hydrogen-bond acceptors (Lipinski definition) is 2. The van der Waals surface area contributed by atoms with Crippen LogP contribution in [-0.4, -0.2) is 13.1 Å². The highest BCUT2D eigenvalue weighted by atomic mass is 35.5. The monoisotopic (exact) mass is 473 g/mol. The fraction of sp³-hybridized carbons (Fsp3) is 0.172. The van der Waals surface area contributed by atoms with Crippen molar-refractivity contribution < 1.29 is 4.74 Å². The second-order valence-corrected chi connectivity index (χ2v) is 9.30. The van der Waals surface area contributed by atoms with Crippen molar-refractivity contribution in [1.82, 2.24) is 5.32 Å². The van der Waals surface area contributed by atoms with E-state index in [1.165, 1.54) is 0 Å². The molecule has 4 aromatic rings. The SMILES string of the molecule is Clc1ccc(C(OC(c2ccccc2)(c2ccccc2)C2CNC2)c2ccc(Cl)cc2)cc1. The van der Waals surface area contributed by atoms with E-state index in [9.17, 15) is 0 Å². The van der Waals surface area contributed by atoms with E-state index in [-0.39, 0.29) is 12.0 Å². The van der Waals surface area contributed by atoms with E-state index in [1.54, 1.807) is 0 Å². The van der Waals surface area contributed by atoms with Gasteiger partial charge in [-0.15, -0.1) is 0 Å². The van der Waals surface area contributed by atoms with Gasteiger partial charge in [-0.3, -0.25) is 0 Å².